The summed E-state index contributed by atoms with van der Waals surface area (Å²) < 4.78 is 40.3. The number of aryl methyl sites for hydroxylation is 1. The van der Waals surface area contributed by atoms with Crippen molar-refractivity contribution in [2.45, 2.75) is 56.8 Å². The highest BCUT2D eigenvalue weighted by Crippen LogP contribution is 2.34. The summed E-state index contributed by atoms with van der Waals surface area (Å²) in [5, 5.41) is 0. The summed E-state index contributed by atoms with van der Waals surface area (Å²) >= 11 is 0.973. The van der Waals surface area contributed by atoms with Crippen molar-refractivity contribution < 1.29 is 18.0 Å². The zero-order valence-corrected chi connectivity index (χ0v) is 14.8. The number of carbonyl (C=O) groups is 1. The summed E-state index contributed by atoms with van der Waals surface area (Å²) in [6.45, 7) is 2.53. The normalized spacial score (nSPS) is 17.1. The van der Waals surface area contributed by atoms with Crippen LogP contribution >= 0.6 is 11.8 Å². The number of benzene rings is 1. The third-order valence-electron chi connectivity index (χ3n) is 4.12. The van der Waals surface area contributed by atoms with Crippen LogP contribution in [0.25, 0.3) is 0 Å². The van der Waals surface area contributed by atoms with Crippen molar-refractivity contribution in [2.75, 3.05) is 5.75 Å². The number of thioether (sulfide) groups is 1. The molecule has 6 heteroatoms. The number of aliphatic imine (C=N–C) groups is 1. The second-order valence-electron chi connectivity index (χ2n) is 6.42. The Bertz CT molecular complexity index is 619. The van der Waals surface area contributed by atoms with E-state index in [9.17, 15) is 18.0 Å². The lowest BCUT2D eigenvalue weighted by molar-refractivity contribution is -0.103. The Labute approximate surface area is 144 Å². The molecule has 0 unspecified atom stereocenters. The Kier molecular flexibility index (Phi) is 6.49. The van der Waals surface area contributed by atoms with Gasteiger partial charge in [-0.3, -0.25) is 4.79 Å². The predicted octanol–water partition coefficient (Wildman–Crippen LogP) is 5.73. The monoisotopic (exact) mass is 357 g/mol. The summed E-state index contributed by atoms with van der Waals surface area (Å²) in [7, 11) is 0. The van der Waals surface area contributed by atoms with E-state index in [0.29, 0.717) is 22.5 Å². The zero-order chi connectivity index (χ0) is 17.7. The van der Waals surface area contributed by atoms with Crippen LogP contribution in [0.4, 0.5) is 18.9 Å². The van der Waals surface area contributed by atoms with Crippen LogP contribution in [0.15, 0.2) is 22.0 Å². The molecule has 1 fully saturated rings. The lowest BCUT2D eigenvalue weighted by atomic mass is 9.86. The minimum Gasteiger partial charge on any atom is -0.297 e. The van der Waals surface area contributed by atoms with E-state index in [1.807, 2.05) is 0 Å². The quantitative estimate of drug-likeness (QED) is 0.369. The Hall–Kier alpha value is -1.30. The number of rotatable bonds is 6. The van der Waals surface area contributed by atoms with E-state index in [0.717, 1.165) is 50.8 Å². The third kappa shape index (κ3) is 5.36. The molecule has 1 aliphatic carbocycles. The molecule has 1 aromatic rings. The van der Waals surface area contributed by atoms with Crippen LogP contribution in [0.1, 0.15) is 44.6 Å². The molecular formula is C18H22F3NOS. The summed E-state index contributed by atoms with van der Waals surface area (Å²) in [6, 6.07) is 2.76. The van der Waals surface area contributed by atoms with Crippen molar-refractivity contribution in [3.8, 4) is 0 Å². The van der Waals surface area contributed by atoms with Crippen LogP contribution in [0.2, 0.25) is 0 Å². The van der Waals surface area contributed by atoms with Gasteiger partial charge in [0.2, 0.25) is 0 Å². The smallest absolute Gasteiger partial charge is 0.254 e. The molecule has 2 rings (SSSR count). The third-order valence-corrected chi connectivity index (χ3v) is 5.52. The van der Waals surface area contributed by atoms with Crippen molar-refractivity contribution in [3.63, 3.8) is 0 Å². The van der Waals surface area contributed by atoms with Gasteiger partial charge in [-0.2, -0.15) is 0 Å². The molecule has 0 aromatic heterocycles. The van der Waals surface area contributed by atoms with Gasteiger partial charge >= 0.3 is 0 Å². The molecule has 0 spiro atoms. The van der Waals surface area contributed by atoms with Crippen molar-refractivity contribution >= 4 is 29.4 Å². The first-order chi connectivity index (χ1) is 11.3. The Morgan fingerprint density at radius 1 is 1.33 bits per heavy atom. The van der Waals surface area contributed by atoms with Gasteiger partial charge in [-0.05, 0) is 37.5 Å². The van der Waals surface area contributed by atoms with E-state index < -0.39 is 11.7 Å². The molecule has 0 heterocycles. The van der Waals surface area contributed by atoms with Gasteiger partial charge in [0.25, 0.3) is 5.92 Å². The summed E-state index contributed by atoms with van der Waals surface area (Å²) in [4.78, 5) is 16.2. The van der Waals surface area contributed by atoms with Crippen LogP contribution in [0.5, 0.6) is 0 Å². The minimum atomic E-state index is -2.80. The maximum Gasteiger partial charge on any atom is 0.254 e. The molecule has 2 nitrogen and oxygen atoms in total. The van der Waals surface area contributed by atoms with E-state index in [-0.39, 0.29) is 17.4 Å². The van der Waals surface area contributed by atoms with Gasteiger partial charge in [0.1, 0.15) is 11.5 Å². The van der Waals surface area contributed by atoms with Gasteiger partial charge < -0.3 is 0 Å². The van der Waals surface area contributed by atoms with Gasteiger partial charge in [-0.25, -0.2) is 18.2 Å². The number of aldehydes is 1. The van der Waals surface area contributed by atoms with Gasteiger partial charge in [0.05, 0.1) is 11.5 Å². The van der Waals surface area contributed by atoms with Crippen molar-refractivity contribution in [1.82, 2.24) is 0 Å². The van der Waals surface area contributed by atoms with Crippen LogP contribution in [-0.4, -0.2) is 23.7 Å². The van der Waals surface area contributed by atoms with E-state index >= 15 is 0 Å². The fraction of sp³-hybridized carbons (Fsp3) is 0.556. The highest BCUT2D eigenvalue weighted by Gasteiger charge is 2.23. The molecular weight excluding hydrogens is 335 g/mol. The van der Waals surface area contributed by atoms with Crippen LogP contribution in [-0.2, 0) is 4.79 Å². The average molecular weight is 357 g/mol. The highest BCUT2D eigenvalue weighted by molar-refractivity contribution is 7.99. The molecule has 0 radical (unpaired) electrons. The van der Waals surface area contributed by atoms with E-state index in [4.69, 9.17) is 0 Å². The fourth-order valence-corrected chi connectivity index (χ4v) is 3.73. The molecule has 0 atom stereocenters. The molecule has 1 saturated carbocycles. The Morgan fingerprint density at radius 3 is 2.58 bits per heavy atom. The van der Waals surface area contributed by atoms with Crippen molar-refractivity contribution in [1.29, 1.82) is 0 Å². The number of carbonyl (C=O) groups excluding carboxylic acids is 1. The summed E-state index contributed by atoms with van der Waals surface area (Å²) in [5.74, 6) is -3.65. The molecule has 132 valence electrons. The largest absolute Gasteiger partial charge is 0.297 e. The predicted molar refractivity (Wildman–Crippen MR) is 92.2 cm³/mol. The van der Waals surface area contributed by atoms with Gasteiger partial charge in [0.15, 0.2) is 6.29 Å². The van der Waals surface area contributed by atoms with Crippen molar-refractivity contribution in [3.05, 3.63) is 23.5 Å². The Morgan fingerprint density at radius 2 is 2.00 bits per heavy atom. The maximum absolute atomic E-state index is 14.2. The topological polar surface area (TPSA) is 29.4 Å². The molecule has 1 aromatic carbocycles. The SMILES string of the molecule is Cc1cc(F)c(/N=C(\C=O)C2CCCCC2)cc1SCC(C)(F)F. The number of halogens is 3. The molecule has 1 aliphatic rings. The Balaban J connectivity index is 2.27. The molecule has 0 aliphatic heterocycles. The lowest BCUT2D eigenvalue weighted by Gasteiger charge is -2.20. The molecule has 0 saturated heterocycles. The molecule has 0 amide bonds. The van der Waals surface area contributed by atoms with Gasteiger partial charge in [-0.1, -0.05) is 19.3 Å². The summed E-state index contributed by atoms with van der Waals surface area (Å²) in [6.07, 6.45) is 5.69. The van der Waals surface area contributed by atoms with Gasteiger partial charge in [-0.15, -0.1) is 11.8 Å². The number of nitrogens with zero attached hydrogens (tertiary/aromatic N) is 1. The standard InChI is InChI=1S/C18H22F3NOS/c1-12-8-14(19)15(9-17(12)24-11-18(2,20)21)22-16(10-23)13-6-4-3-5-7-13/h8-10,13H,3-7,11H2,1-2H3/b22-16+. The molecule has 0 N–H and O–H groups in total. The number of alkyl halides is 2. The second-order valence-corrected chi connectivity index (χ2v) is 7.43. The van der Waals surface area contributed by atoms with E-state index in [1.54, 1.807) is 6.92 Å². The fourth-order valence-electron chi connectivity index (χ4n) is 2.84. The van der Waals surface area contributed by atoms with E-state index in [2.05, 4.69) is 4.99 Å². The number of hydrogen-bond acceptors (Lipinski definition) is 3. The van der Waals surface area contributed by atoms with Crippen LogP contribution < -0.4 is 0 Å². The van der Waals surface area contributed by atoms with Gasteiger partial charge in [0, 0.05) is 17.7 Å². The minimum absolute atomic E-state index is 0.0511. The highest BCUT2D eigenvalue weighted by atomic mass is 32.2. The average Bonchev–Trinajstić information content (AvgIpc) is 2.53. The first-order valence-corrected chi connectivity index (χ1v) is 9.13. The first kappa shape index (κ1) is 19.0. The zero-order valence-electron chi connectivity index (χ0n) is 13.9. The first-order valence-electron chi connectivity index (χ1n) is 8.14. The van der Waals surface area contributed by atoms with Crippen LogP contribution in [0.3, 0.4) is 0 Å². The number of hydrogen-bond donors (Lipinski definition) is 0. The van der Waals surface area contributed by atoms with Crippen LogP contribution in [0, 0.1) is 18.7 Å². The second kappa shape index (κ2) is 8.19. The summed E-state index contributed by atoms with van der Waals surface area (Å²) in [5.41, 5.74) is 0.996. The lowest BCUT2D eigenvalue weighted by Crippen LogP contribution is -2.18. The van der Waals surface area contributed by atoms with E-state index in [1.165, 1.54) is 12.1 Å². The maximum atomic E-state index is 14.2. The molecule has 0 bridgehead atoms. The molecule has 24 heavy (non-hydrogen) atoms. The van der Waals surface area contributed by atoms with Crippen molar-refractivity contribution in [2.24, 2.45) is 10.9 Å².